The van der Waals surface area contributed by atoms with Gasteiger partial charge in [0.05, 0.1) is 5.54 Å². The summed E-state index contributed by atoms with van der Waals surface area (Å²) < 4.78 is 0. The Morgan fingerprint density at radius 3 is 2.41 bits per heavy atom. The van der Waals surface area contributed by atoms with Crippen LogP contribution < -0.4 is 5.73 Å². The molecule has 0 spiro atoms. The zero-order valence-corrected chi connectivity index (χ0v) is 11.6. The van der Waals surface area contributed by atoms with E-state index in [4.69, 9.17) is 5.73 Å². The maximum atomic E-state index is 6.41. The van der Waals surface area contributed by atoms with E-state index in [1.165, 1.54) is 12.0 Å². The molecule has 0 saturated heterocycles. The molecule has 1 aromatic rings. The molecule has 1 rings (SSSR count). The van der Waals surface area contributed by atoms with Crippen LogP contribution in [0.15, 0.2) is 30.3 Å². The zero-order valence-electron chi connectivity index (χ0n) is 11.6. The van der Waals surface area contributed by atoms with Crippen molar-refractivity contribution in [2.24, 2.45) is 11.7 Å². The Kier molecular flexibility index (Phi) is 5.16. The van der Waals surface area contributed by atoms with Crippen LogP contribution in [0.4, 0.5) is 0 Å². The molecular weight excluding hydrogens is 208 g/mol. The summed E-state index contributed by atoms with van der Waals surface area (Å²) in [5.74, 6) is 0.728. The second-order valence-corrected chi connectivity index (χ2v) is 5.49. The van der Waals surface area contributed by atoms with E-state index in [0.717, 1.165) is 19.0 Å². The van der Waals surface area contributed by atoms with Crippen LogP contribution >= 0.6 is 0 Å². The normalized spacial score (nSPS) is 16.8. The summed E-state index contributed by atoms with van der Waals surface area (Å²) >= 11 is 0. The highest BCUT2D eigenvalue weighted by Gasteiger charge is 2.23. The third-order valence-electron chi connectivity index (χ3n) is 3.35. The summed E-state index contributed by atoms with van der Waals surface area (Å²) in [6.07, 6.45) is 1.22. The molecule has 17 heavy (non-hydrogen) atoms. The molecule has 0 aromatic heterocycles. The fourth-order valence-electron chi connectivity index (χ4n) is 2.20. The predicted octanol–water partition coefficient (Wildman–Crippen LogP) is 2.84. The Labute approximate surface area is 106 Å². The molecule has 0 amide bonds. The number of rotatable bonds is 6. The van der Waals surface area contributed by atoms with E-state index < -0.39 is 0 Å². The summed E-state index contributed by atoms with van der Waals surface area (Å²) in [4.78, 5) is 2.33. The SMILES string of the molecule is CCC(C)CN(C)CC(C)(N)c1ccccc1. The molecular formula is C15H26N2. The number of benzene rings is 1. The molecule has 0 heterocycles. The number of nitrogens with two attached hydrogens (primary N) is 1. The highest BCUT2D eigenvalue weighted by molar-refractivity contribution is 5.23. The second-order valence-electron chi connectivity index (χ2n) is 5.49. The van der Waals surface area contributed by atoms with Crippen molar-refractivity contribution < 1.29 is 0 Å². The molecule has 2 atom stereocenters. The molecule has 0 fully saturated rings. The molecule has 0 aliphatic carbocycles. The first-order valence-electron chi connectivity index (χ1n) is 6.48. The van der Waals surface area contributed by atoms with Crippen LogP contribution in [-0.4, -0.2) is 25.0 Å². The molecule has 0 bridgehead atoms. The van der Waals surface area contributed by atoms with Crippen LogP contribution in [0.3, 0.4) is 0 Å². The first-order chi connectivity index (χ1) is 7.95. The van der Waals surface area contributed by atoms with Gasteiger partial charge in [0.1, 0.15) is 0 Å². The first-order valence-corrected chi connectivity index (χ1v) is 6.48. The molecule has 96 valence electrons. The zero-order chi connectivity index (χ0) is 12.9. The van der Waals surface area contributed by atoms with Gasteiger partial charge in [-0.25, -0.2) is 0 Å². The third-order valence-corrected chi connectivity index (χ3v) is 3.35. The molecule has 1 aromatic carbocycles. The maximum absolute atomic E-state index is 6.41. The Bertz CT molecular complexity index is 319. The van der Waals surface area contributed by atoms with E-state index in [1.54, 1.807) is 0 Å². The molecule has 2 heteroatoms. The highest BCUT2D eigenvalue weighted by atomic mass is 15.1. The van der Waals surface area contributed by atoms with E-state index in [0.29, 0.717) is 0 Å². The third kappa shape index (κ3) is 4.49. The van der Waals surface area contributed by atoms with Crippen molar-refractivity contribution >= 4 is 0 Å². The lowest BCUT2D eigenvalue weighted by atomic mass is 9.92. The van der Waals surface area contributed by atoms with Gasteiger partial charge in [-0.1, -0.05) is 50.6 Å². The lowest BCUT2D eigenvalue weighted by molar-refractivity contribution is 0.228. The Balaban J connectivity index is 2.60. The van der Waals surface area contributed by atoms with Crippen LogP contribution in [0.25, 0.3) is 0 Å². The monoisotopic (exact) mass is 234 g/mol. The van der Waals surface area contributed by atoms with Crippen LogP contribution in [0.2, 0.25) is 0 Å². The molecule has 2 nitrogen and oxygen atoms in total. The average molecular weight is 234 g/mol. The van der Waals surface area contributed by atoms with E-state index >= 15 is 0 Å². The van der Waals surface area contributed by atoms with Crippen molar-refractivity contribution in [3.05, 3.63) is 35.9 Å². The van der Waals surface area contributed by atoms with Crippen LogP contribution in [0, 0.1) is 5.92 Å². The van der Waals surface area contributed by atoms with Crippen molar-refractivity contribution in [1.29, 1.82) is 0 Å². The summed E-state index contributed by atoms with van der Waals surface area (Å²) in [7, 11) is 2.15. The van der Waals surface area contributed by atoms with Crippen molar-refractivity contribution in [3.63, 3.8) is 0 Å². The standard InChI is InChI=1S/C15H26N2/c1-5-13(2)11-17(4)12-15(3,16)14-9-7-6-8-10-14/h6-10,13H,5,11-12,16H2,1-4H3. The quantitative estimate of drug-likeness (QED) is 0.820. The number of hydrogen-bond acceptors (Lipinski definition) is 2. The molecule has 0 aliphatic rings. The topological polar surface area (TPSA) is 29.3 Å². The molecule has 0 radical (unpaired) electrons. The van der Waals surface area contributed by atoms with Crippen molar-refractivity contribution in [2.45, 2.75) is 32.7 Å². The van der Waals surface area contributed by atoms with Crippen molar-refractivity contribution in [1.82, 2.24) is 4.90 Å². The number of likely N-dealkylation sites (N-methyl/N-ethyl adjacent to an activating group) is 1. The lowest BCUT2D eigenvalue weighted by Crippen LogP contribution is -2.45. The molecule has 2 N–H and O–H groups in total. The van der Waals surface area contributed by atoms with E-state index in [9.17, 15) is 0 Å². The van der Waals surface area contributed by atoms with Gasteiger partial charge in [-0.2, -0.15) is 0 Å². The Hall–Kier alpha value is -0.860. The van der Waals surface area contributed by atoms with E-state index in [-0.39, 0.29) is 5.54 Å². The molecule has 0 aliphatic heterocycles. The minimum Gasteiger partial charge on any atom is -0.321 e. The first kappa shape index (κ1) is 14.2. The van der Waals surface area contributed by atoms with Gasteiger partial charge in [-0.05, 0) is 25.5 Å². The van der Waals surface area contributed by atoms with Gasteiger partial charge in [-0.15, -0.1) is 0 Å². The van der Waals surface area contributed by atoms with Gasteiger partial charge in [0.15, 0.2) is 0 Å². The van der Waals surface area contributed by atoms with Gasteiger partial charge in [0.2, 0.25) is 0 Å². The van der Waals surface area contributed by atoms with Crippen LogP contribution in [0.1, 0.15) is 32.8 Å². The van der Waals surface area contributed by atoms with Crippen molar-refractivity contribution in [3.8, 4) is 0 Å². The van der Waals surface area contributed by atoms with Crippen molar-refractivity contribution in [2.75, 3.05) is 20.1 Å². The maximum Gasteiger partial charge on any atom is 0.0509 e. The second kappa shape index (κ2) is 6.18. The largest absolute Gasteiger partial charge is 0.321 e. The highest BCUT2D eigenvalue weighted by Crippen LogP contribution is 2.18. The van der Waals surface area contributed by atoms with Gasteiger partial charge in [0.25, 0.3) is 0 Å². The fourth-order valence-corrected chi connectivity index (χ4v) is 2.20. The van der Waals surface area contributed by atoms with Gasteiger partial charge in [0, 0.05) is 13.1 Å². The Morgan fingerprint density at radius 1 is 1.29 bits per heavy atom. The van der Waals surface area contributed by atoms with Gasteiger partial charge in [-0.3, -0.25) is 0 Å². The number of hydrogen-bond donors (Lipinski definition) is 1. The lowest BCUT2D eigenvalue weighted by Gasteiger charge is -2.32. The minimum absolute atomic E-state index is 0.274. The predicted molar refractivity (Wildman–Crippen MR) is 74.9 cm³/mol. The number of nitrogens with zero attached hydrogens (tertiary/aromatic N) is 1. The van der Waals surface area contributed by atoms with Gasteiger partial charge >= 0.3 is 0 Å². The molecule has 0 saturated carbocycles. The van der Waals surface area contributed by atoms with Crippen LogP contribution in [0.5, 0.6) is 0 Å². The summed E-state index contributed by atoms with van der Waals surface area (Å²) in [5.41, 5.74) is 7.34. The summed E-state index contributed by atoms with van der Waals surface area (Å²) in [6, 6.07) is 10.3. The fraction of sp³-hybridized carbons (Fsp3) is 0.600. The smallest absolute Gasteiger partial charge is 0.0509 e. The summed E-state index contributed by atoms with van der Waals surface area (Å²) in [5, 5.41) is 0. The van der Waals surface area contributed by atoms with Gasteiger partial charge < -0.3 is 10.6 Å². The summed E-state index contributed by atoms with van der Waals surface area (Å²) in [6.45, 7) is 8.62. The van der Waals surface area contributed by atoms with Crippen LogP contribution in [-0.2, 0) is 5.54 Å². The minimum atomic E-state index is -0.274. The van der Waals surface area contributed by atoms with E-state index in [1.807, 2.05) is 6.07 Å². The molecule has 2 unspecified atom stereocenters. The Morgan fingerprint density at radius 2 is 1.88 bits per heavy atom. The average Bonchev–Trinajstić information content (AvgIpc) is 2.29. The van der Waals surface area contributed by atoms with E-state index in [2.05, 4.69) is 57.0 Å².